The van der Waals surface area contributed by atoms with Gasteiger partial charge in [0.15, 0.2) is 0 Å². The molecule has 7 nitrogen and oxygen atoms in total. The molecule has 0 aliphatic carbocycles. The Morgan fingerprint density at radius 2 is 1.82 bits per heavy atom. The van der Waals surface area contributed by atoms with Crippen molar-refractivity contribution < 1.29 is 29.3 Å². The van der Waals surface area contributed by atoms with E-state index in [1.807, 2.05) is 0 Å². The number of aliphatic carboxylic acids is 1. The molecule has 2 atom stereocenters. The lowest BCUT2D eigenvalue weighted by atomic mass is 9.92. The third kappa shape index (κ3) is 2.55. The number of rotatable bonds is 2. The molecule has 17 heavy (non-hydrogen) atoms. The van der Waals surface area contributed by atoms with E-state index in [1.165, 1.54) is 0 Å². The van der Waals surface area contributed by atoms with Crippen molar-refractivity contribution in [2.75, 3.05) is 7.11 Å². The predicted octanol–water partition coefficient (Wildman–Crippen LogP) is 0.311. The van der Waals surface area contributed by atoms with Gasteiger partial charge in [0.2, 0.25) is 0 Å². The summed E-state index contributed by atoms with van der Waals surface area (Å²) < 4.78 is 4.47. The van der Waals surface area contributed by atoms with Crippen LogP contribution in [0.2, 0.25) is 0 Å². The summed E-state index contributed by atoms with van der Waals surface area (Å²) in [6, 6.07) is -2.43. The lowest BCUT2D eigenvalue weighted by molar-refractivity contribution is -0.152. The molecule has 1 rings (SSSR count). The first-order valence-electron chi connectivity index (χ1n) is 4.87. The first-order valence-corrected chi connectivity index (χ1v) is 4.87. The summed E-state index contributed by atoms with van der Waals surface area (Å²) in [5, 5.41) is 17.9. The van der Waals surface area contributed by atoms with Gasteiger partial charge in [0.05, 0.1) is 7.11 Å². The zero-order valence-corrected chi connectivity index (χ0v) is 9.25. The number of carboxylic acids is 1. The monoisotopic (exact) mass is 243 g/mol. The van der Waals surface area contributed by atoms with E-state index in [0.717, 1.165) is 7.11 Å². The van der Waals surface area contributed by atoms with Gasteiger partial charge in [-0.05, 0) is 12.8 Å². The van der Waals surface area contributed by atoms with E-state index in [-0.39, 0.29) is 12.8 Å². The number of hydrogen-bond acceptors (Lipinski definition) is 4. The Balaban J connectivity index is 3.08. The first kappa shape index (κ1) is 13.0. The molecule has 7 heteroatoms. The largest absolute Gasteiger partial charge is 0.480 e. The number of amides is 1. The average Bonchev–Trinajstić information content (AvgIpc) is 2.26. The molecule has 1 heterocycles. The van der Waals surface area contributed by atoms with E-state index in [0.29, 0.717) is 10.5 Å². The molecule has 0 saturated carbocycles. The maximum Gasteiger partial charge on any atom is 0.408 e. The molecule has 2 N–H and O–H groups in total. The fourth-order valence-corrected chi connectivity index (χ4v) is 1.85. The Labute approximate surface area is 97.3 Å². The van der Waals surface area contributed by atoms with Crippen LogP contribution in [0.1, 0.15) is 12.8 Å². The van der Waals surface area contributed by atoms with Crippen LogP contribution in [0, 0.1) is 0 Å². The van der Waals surface area contributed by atoms with E-state index in [2.05, 4.69) is 11.3 Å². The fraction of sp³-hybridized carbons (Fsp3) is 0.500. The molecule has 1 aliphatic heterocycles. The highest BCUT2D eigenvalue weighted by atomic mass is 16.5. The van der Waals surface area contributed by atoms with Gasteiger partial charge >= 0.3 is 18.0 Å². The quantitative estimate of drug-likeness (QED) is 0.534. The van der Waals surface area contributed by atoms with Gasteiger partial charge in [-0.1, -0.05) is 12.2 Å². The van der Waals surface area contributed by atoms with Gasteiger partial charge in [0.1, 0.15) is 12.1 Å². The minimum absolute atomic E-state index is 0.00906. The highest BCUT2D eigenvalue weighted by Gasteiger charge is 2.43. The zero-order chi connectivity index (χ0) is 13.2. The Morgan fingerprint density at radius 3 is 2.24 bits per heavy atom. The number of likely N-dealkylation sites (tertiary alicyclic amines) is 1. The molecule has 0 spiro atoms. The van der Waals surface area contributed by atoms with E-state index in [4.69, 9.17) is 10.2 Å². The van der Waals surface area contributed by atoms with Crippen molar-refractivity contribution >= 4 is 18.0 Å². The molecule has 1 amide bonds. The van der Waals surface area contributed by atoms with Gasteiger partial charge in [-0.2, -0.15) is 0 Å². The minimum Gasteiger partial charge on any atom is -0.480 e. The van der Waals surface area contributed by atoms with Crippen molar-refractivity contribution in [2.24, 2.45) is 0 Å². The number of piperidine rings is 1. The van der Waals surface area contributed by atoms with Crippen molar-refractivity contribution in [1.82, 2.24) is 4.90 Å². The van der Waals surface area contributed by atoms with Crippen LogP contribution in [0.5, 0.6) is 0 Å². The van der Waals surface area contributed by atoms with Gasteiger partial charge in [0.25, 0.3) is 0 Å². The highest BCUT2D eigenvalue weighted by molar-refractivity contribution is 5.86. The third-order valence-corrected chi connectivity index (χ3v) is 2.61. The van der Waals surface area contributed by atoms with Crippen LogP contribution in [0.4, 0.5) is 4.79 Å². The van der Waals surface area contributed by atoms with Crippen LogP contribution in [-0.2, 0) is 14.3 Å². The number of nitrogens with zero attached hydrogens (tertiary/aromatic N) is 1. The lowest BCUT2D eigenvalue weighted by Crippen LogP contribution is -2.56. The smallest absolute Gasteiger partial charge is 0.408 e. The maximum atomic E-state index is 11.4. The molecule has 1 saturated heterocycles. The van der Waals surface area contributed by atoms with Crippen LogP contribution in [0.25, 0.3) is 0 Å². The van der Waals surface area contributed by atoms with Crippen LogP contribution < -0.4 is 0 Å². The summed E-state index contributed by atoms with van der Waals surface area (Å²) in [4.78, 5) is 34.1. The third-order valence-electron chi connectivity index (χ3n) is 2.61. The molecule has 94 valence electrons. The second-order valence-corrected chi connectivity index (χ2v) is 3.74. The van der Waals surface area contributed by atoms with Crippen molar-refractivity contribution in [1.29, 1.82) is 0 Å². The summed E-state index contributed by atoms with van der Waals surface area (Å²) in [5.74, 6) is -2.08. The van der Waals surface area contributed by atoms with Gasteiger partial charge in [-0.3, -0.25) is 4.90 Å². The zero-order valence-electron chi connectivity index (χ0n) is 9.25. The Kier molecular flexibility index (Phi) is 3.72. The molecule has 2 unspecified atom stereocenters. The topological polar surface area (TPSA) is 104 Å². The van der Waals surface area contributed by atoms with Crippen molar-refractivity contribution in [3.05, 3.63) is 12.2 Å². The Hall–Kier alpha value is -2.05. The standard InChI is InChI=1S/C10H13NO6/c1-5-3-6(8(12)13)11(10(15)16)7(4-5)9(14)17-2/h6-7H,1,3-4H2,2H3,(H,12,13)(H,15,16). The second-order valence-electron chi connectivity index (χ2n) is 3.74. The van der Waals surface area contributed by atoms with Crippen molar-refractivity contribution in [3.8, 4) is 0 Å². The van der Waals surface area contributed by atoms with E-state index in [1.54, 1.807) is 0 Å². The molecular formula is C10H13NO6. The molecule has 0 bridgehead atoms. The summed E-state index contributed by atoms with van der Waals surface area (Å²) in [6.07, 6.45) is -1.36. The molecular weight excluding hydrogens is 230 g/mol. The Morgan fingerprint density at radius 1 is 1.29 bits per heavy atom. The minimum atomic E-state index is -1.46. The molecule has 0 aromatic carbocycles. The maximum absolute atomic E-state index is 11.4. The van der Waals surface area contributed by atoms with Gasteiger partial charge < -0.3 is 14.9 Å². The molecule has 0 aromatic heterocycles. The molecule has 1 aliphatic rings. The van der Waals surface area contributed by atoms with Crippen molar-refractivity contribution in [3.63, 3.8) is 0 Å². The normalized spacial score (nSPS) is 24.3. The SMILES string of the molecule is C=C1CC(C(=O)O)N(C(=O)O)C(C(=O)OC)C1. The summed E-state index contributed by atoms with van der Waals surface area (Å²) >= 11 is 0. The van der Waals surface area contributed by atoms with Crippen LogP contribution in [-0.4, -0.2) is 52.3 Å². The lowest BCUT2D eigenvalue weighted by Gasteiger charge is -2.37. The highest BCUT2D eigenvalue weighted by Crippen LogP contribution is 2.27. The average molecular weight is 243 g/mol. The van der Waals surface area contributed by atoms with E-state index >= 15 is 0 Å². The molecule has 1 fully saturated rings. The van der Waals surface area contributed by atoms with Gasteiger partial charge in [0, 0.05) is 0 Å². The number of methoxy groups -OCH3 is 1. The predicted molar refractivity (Wildman–Crippen MR) is 55.5 cm³/mol. The second kappa shape index (κ2) is 4.86. The number of ether oxygens (including phenoxy) is 1. The number of carbonyl (C=O) groups excluding carboxylic acids is 1. The Bertz CT molecular complexity index is 377. The number of carboxylic acid groups (broad SMARTS) is 2. The summed E-state index contributed by atoms with van der Waals surface area (Å²) in [5.41, 5.74) is 0.519. The fourth-order valence-electron chi connectivity index (χ4n) is 1.85. The van der Waals surface area contributed by atoms with Crippen molar-refractivity contribution in [2.45, 2.75) is 24.9 Å². The van der Waals surface area contributed by atoms with Crippen LogP contribution >= 0.6 is 0 Å². The summed E-state index contributed by atoms with van der Waals surface area (Å²) in [7, 11) is 1.12. The molecule has 0 radical (unpaired) electrons. The van der Waals surface area contributed by atoms with E-state index in [9.17, 15) is 14.4 Å². The molecule has 0 aromatic rings. The first-order chi connectivity index (χ1) is 7.88. The number of hydrogen-bond donors (Lipinski definition) is 2. The van der Waals surface area contributed by atoms with Gasteiger partial charge in [-0.15, -0.1) is 0 Å². The van der Waals surface area contributed by atoms with Gasteiger partial charge in [-0.25, -0.2) is 14.4 Å². The number of esters is 1. The van der Waals surface area contributed by atoms with E-state index < -0.39 is 30.1 Å². The van der Waals surface area contributed by atoms with Crippen LogP contribution in [0.15, 0.2) is 12.2 Å². The number of carbonyl (C=O) groups is 3. The van der Waals surface area contributed by atoms with Crippen LogP contribution in [0.3, 0.4) is 0 Å². The summed E-state index contributed by atoms with van der Waals surface area (Å²) in [6.45, 7) is 3.62.